The van der Waals surface area contributed by atoms with E-state index in [9.17, 15) is 9.59 Å². The van der Waals surface area contributed by atoms with E-state index in [1.807, 2.05) is 54.0 Å². The fraction of sp³-hybridized carbons (Fsp3) is 0.387. The molecule has 44 heavy (non-hydrogen) atoms. The summed E-state index contributed by atoms with van der Waals surface area (Å²) in [7, 11) is 0. The van der Waals surface area contributed by atoms with Gasteiger partial charge in [-0.25, -0.2) is 24.5 Å². The number of aromatic nitrogens is 4. The zero-order valence-corrected chi connectivity index (χ0v) is 25.2. The van der Waals surface area contributed by atoms with Crippen LogP contribution in [0.4, 0.5) is 10.6 Å². The summed E-state index contributed by atoms with van der Waals surface area (Å²) in [6.45, 7) is 2.50. The zero-order chi connectivity index (χ0) is 30.5. The first-order valence-corrected chi connectivity index (χ1v) is 15.6. The summed E-state index contributed by atoms with van der Waals surface area (Å²) >= 11 is 1.43. The van der Waals surface area contributed by atoms with Gasteiger partial charge >= 0.3 is 12.1 Å². The van der Waals surface area contributed by atoms with E-state index < -0.39 is 18.1 Å². The molecule has 2 aromatic carbocycles. The fourth-order valence-electron chi connectivity index (χ4n) is 5.19. The molecular weight excluding hydrogens is 584 g/mol. The molecule has 4 aromatic rings. The first kappa shape index (κ1) is 29.5. The minimum atomic E-state index is -0.880. The minimum absolute atomic E-state index is 0.116. The highest BCUT2D eigenvalue weighted by Crippen LogP contribution is 2.39. The molecule has 3 heterocycles. The lowest BCUT2D eigenvalue weighted by Crippen LogP contribution is -2.44. The van der Waals surface area contributed by atoms with Gasteiger partial charge < -0.3 is 30.0 Å². The number of alkyl carbamates (subject to hydrolysis) is 1. The van der Waals surface area contributed by atoms with E-state index in [0.29, 0.717) is 34.4 Å². The molecule has 13 heteroatoms. The number of amides is 1. The smallest absolute Gasteiger partial charge is 0.407 e. The Kier molecular flexibility index (Phi) is 9.01. The molecule has 1 fully saturated rings. The molecule has 1 saturated carbocycles. The van der Waals surface area contributed by atoms with E-state index >= 15 is 0 Å². The first-order chi connectivity index (χ1) is 21.5. The number of benzene rings is 2. The third-order valence-corrected chi connectivity index (χ3v) is 8.47. The molecule has 2 aliphatic rings. The van der Waals surface area contributed by atoms with Crippen molar-refractivity contribution in [3.8, 4) is 17.2 Å². The fourth-order valence-corrected chi connectivity index (χ4v) is 6.13. The van der Waals surface area contributed by atoms with Gasteiger partial charge in [0.05, 0.1) is 6.61 Å². The van der Waals surface area contributed by atoms with Crippen LogP contribution in [0.3, 0.4) is 0 Å². The molecule has 0 bridgehead atoms. The normalized spacial score (nSPS) is 14.9. The predicted molar refractivity (Wildman–Crippen MR) is 163 cm³/mol. The monoisotopic (exact) mass is 618 g/mol. The molecule has 6 rings (SSSR count). The van der Waals surface area contributed by atoms with Crippen molar-refractivity contribution in [3.63, 3.8) is 0 Å². The molecule has 1 aliphatic carbocycles. The number of anilines is 1. The number of hydrogen-bond acceptors (Lipinski definition) is 11. The minimum Gasteiger partial charge on any atom is -0.461 e. The summed E-state index contributed by atoms with van der Waals surface area (Å²) in [5.41, 5.74) is 8.83. The standard InChI is InChI=1S/C31H34N6O6S/c1-2-3-14-40-31(39)35-23(29(38)43-21-6-4-5-7-21)15-19-8-10-20(11-9-19)37-28-26(27(32)33-17-34-28)36-30(37)44-22-12-13-24-25(16-22)42-18-41-24/h8-13,16-17,21,23H,2-7,14-15,18H2,1H3,(H,35,39)(H2,32,33,34). The molecule has 0 radical (unpaired) electrons. The van der Waals surface area contributed by atoms with Crippen LogP contribution in [0, 0.1) is 0 Å². The van der Waals surface area contributed by atoms with Crippen LogP contribution in [0.1, 0.15) is 51.0 Å². The molecule has 3 N–H and O–H groups in total. The molecular formula is C31H34N6O6S. The van der Waals surface area contributed by atoms with Crippen molar-refractivity contribution in [2.24, 2.45) is 0 Å². The second-order valence-electron chi connectivity index (χ2n) is 10.7. The van der Waals surface area contributed by atoms with Gasteiger partial charge in [-0.05, 0) is 68.0 Å². The Morgan fingerprint density at radius 2 is 1.91 bits per heavy atom. The largest absolute Gasteiger partial charge is 0.461 e. The van der Waals surface area contributed by atoms with E-state index in [0.717, 1.165) is 54.7 Å². The number of esters is 1. The molecule has 1 unspecified atom stereocenters. The van der Waals surface area contributed by atoms with Crippen molar-refractivity contribution >= 4 is 40.8 Å². The Hall–Kier alpha value is -4.52. The second-order valence-corrected chi connectivity index (χ2v) is 11.7. The molecule has 1 aliphatic heterocycles. The van der Waals surface area contributed by atoms with Gasteiger partial charge in [0, 0.05) is 17.0 Å². The maximum atomic E-state index is 13.1. The number of unbranched alkanes of at least 4 members (excludes halogenated alkanes) is 1. The van der Waals surface area contributed by atoms with Gasteiger partial charge in [-0.1, -0.05) is 37.2 Å². The number of ether oxygens (including phenoxy) is 4. The van der Waals surface area contributed by atoms with E-state index in [-0.39, 0.29) is 25.1 Å². The van der Waals surface area contributed by atoms with Crippen LogP contribution in [0.15, 0.2) is 58.8 Å². The molecule has 230 valence electrons. The lowest BCUT2D eigenvalue weighted by molar-refractivity contribution is -0.151. The van der Waals surface area contributed by atoms with Gasteiger partial charge in [-0.15, -0.1) is 0 Å². The Balaban J connectivity index is 1.24. The number of hydrogen-bond donors (Lipinski definition) is 2. The molecule has 0 saturated heterocycles. The van der Waals surface area contributed by atoms with Crippen molar-refractivity contribution in [2.75, 3.05) is 19.1 Å². The van der Waals surface area contributed by atoms with Crippen LogP contribution in [0.2, 0.25) is 0 Å². The number of rotatable bonds is 11. The summed E-state index contributed by atoms with van der Waals surface area (Å²) < 4.78 is 23.9. The van der Waals surface area contributed by atoms with E-state index in [1.165, 1.54) is 18.1 Å². The van der Waals surface area contributed by atoms with Crippen LogP contribution < -0.4 is 20.5 Å². The average Bonchev–Trinajstić information content (AvgIpc) is 3.78. The molecule has 0 spiro atoms. The zero-order valence-electron chi connectivity index (χ0n) is 24.4. The summed E-state index contributed by atoms with van der Waals surface area (Å²) in [6.07, 6.45) is 6.30. The topological polar surface area (TPSA) is 153 Å². The van der Waals surface area contributed by atoms with E-state index in [1.54, 1.807) is 0 Å². The number of carbonyl (C=O) groups excluding carboxylic acids is 2. The van der Waals surface area contributed by atoms with Crippen molar-refractivity contribution in [1.29, 1.82) is 0 Å². The van der Waals surface area contributed by atoms with Crippen LogP contribution in [-0.2, 0) is 20.7 Å². The second kappa shape index (κ2) is 13.4. The van der Waals surface area contributed by atoms with Gasteiger partial charge in [-0.3, -0.25) is 4.57 Å². The van der Waals surface area contributed by atoms with Gasteiger partial charge in [0.1, 0.15) is 18.5 Å². The van der Waals surface area contributed by atoms with Gasteiger partial charge in [0.25, 0.3) is 0 Å². The third kappa shape index (κ3) is 6.67. The van der Waals surface area contributed by atoms with Gasteiger partial charge in [0.15, 0.2) is 33.6 Å². The number of nitrogen functional groups attached to an aromatic ring is 1. The number of nitrogens with two attached hydrogens (primary N) is 1. The molecule has 12 nitrogen and oxygen atoms in total. The molecule has 2 aromatic heterocycles. The lowest BCUT2D eigenvalue weighted by atomic mass is 10.1. The highest BCUT2D eigenvalue weighted by atomic mass is 32.2. The maximum absolute atomic E-state index is 13.1. The van der Waals surface area contributed by atoms with Crippen LogP contribution in [0.25, 0.3) is 16.9 Å². The highest BCUT2D eigenvalue weighted by Gasteiger charge is 2.28. The summed E-state index contributed by atoms with van der Waals surface area (Å²) in [6, 6.07) is 12.5. The number of imidazole rings is 1. The number of carbonyl (C=O) groups is 2. The van der Waals surface area contributed by atoms with E-state index in [2.05, 4.69) is 15.3 Å². The van der Waals surface area contributed by atoms with E-state index in [4.69, 9.17) is 29.7 Å². The molecule has 1 atom stereocenters. The lowest BCUT2D eigenvalue weighted by Gasteiger charge is -2.20. The van der Waals surface area contributed by atoms with Crippen molar-refractivity contribution in [1.82, 2.24) is 24.8 Å². The third-order valence-electron chi connectivity index (χ3n) is 7.52. The number of nitrogens with zero attached hydrogens (tertiary/aromatic N) is 4. The average molecular weight is 619 g/mol. The summed E-state index contributed by atoms with van der Waals surface area (Å²) in [5, 5.41) is 3.35. The van der Waals surface area contributed by atoms with Crippen molar-refractivity contribution in [2.45, 2.75) is 74.1 Å². The first-order valence-electron chi connectivity index (χ1n) is 14.8. The van der Waals surface area contributed by atoms with Crippen LogP contribution in [0.5, 0.6) is 11.5 Å². The van der Waals surface area contributed by atoms with Gasteiger partial charge in [0.2, 0.25) is 6.79 Å². The van der Waals surface area contributed by atoms with Gasteiger partial charge in [-0.2, -0.15) is 0 Å². The Bertz CT molecular complexity index is 1640. The highest BCUT2D eigenvalue weighted by molar-refractivity contribution is 7.99. The van der Waals surface area contributed by atoms with Crippen molar-refractivity contribution < 1.29 is 28.5 Å². The van der Waals surface area contributed by atoms with Crippen LogP contribution >= 0.6 is 11.8 Å². The number of nitrogens with one attached hydrogen (secondary N) is 1. The summed E-state index contributed by atoms with van der Waals surface area (Å²) in [4.78, 5) is 39.9. The maximum Gasteiger partial charge on any atom is 0.407 e. The molecule has 1 amide bonds. The number of fused-ring (bicyclic) bond motifs is 2. The SMILES string of the molecule is CCCCOC(=O)NC(Cc1ccc(-n2c(Sc3ccc4c(c3)OCO4)nc3c(N)ncnc32)cc1)C(=O)OC1CCCC1. The Morgan fingerprint density at radius 1 is 1.11 bits per heavy atom. The Morgan fingerprint density at radius 3 is 2.70 bits per heavy atom. The Labute approximate surface area is 258 Å². The van der Waals surface area contributed by atoms with Crippen molar-refractivity contribution in [3.05, 3.63) is 54.4 Å². The van der Waals surface area contributed by atoms with Crippen LogP contribution in [-0.4, -0.2) is 57.1 Å². The quantitative estimate of drug-likeness (QED) is 0.168. The summed E-state index contributed by atoms with van der Waals surface area (Å²) in [5.74, 6) is 1.19. The predicted octanol–water partition coefficient (Wildman–Crippen LogP) is 5.20.